The van der Waals surface area contributed by atoms with Gasteiger partial charge in [-0.25, -0.2) is 14.1 Å². The van der Waals surface area contributed by atoms with Crippen molar-refractivity contribution in [2.45, 2.75) is 51.1 Å². The van der Waals surface area contributed by atoms with Crippen LogP contribution >= 0.6 is 10.8 Å². The lowest BCUT2D eigenvalue weighted by atomic mass is 9.69. The Hall–Kier alpha value is -3.78. The molecule has 1 saturated carbocycles. The minimum atomic E-state index is -3.33. The average Bonchev–Trinajstić information content (AvgIpc) is 2.87. The first kappa shape index (κ1) is 26.8. The maximum atomic E-state index is 12.3. The molecular formula is C29H32N4O5S. The van der Waals surface area contributed by atoms with E-state index in [0.717, 1.165) is 41.5 Å². The molecule has 10 heteroatoms. The van der Waals surface area contributed by atoms with Gasteiger partial charge >= 0.3 is 6.09 Å². The fraction of sp³-hybridized carbons (Fsp3) is 0.345. The average molecular weight is 549 g/mol. The molecule has 204 valence electrons. The van der Waals surface area contributed by atoms with Gasteiger partial charge in [-0.2, -0.15) is 5.26 Å². The zero-order valence-electron chi connectivity index (χ0n) is 22.2. The van der Waals surface area contributed by atoms with E-state index in [0.29, 0.717) is 11.4 Å². The summed E-state index contributed by atoms with van der Waals surface area (Å²) >= 11 is 0. The molecule has 0 bridgehead atoms. The van der Waals surface area contributed by atoms with E-state index in [1.165, 1.54) is 4.31 Å². The van der Waals surface area contributed by atoms with Crippen LogP contribution in [0.1, 0.15) is 45.6 Å². The van der Waals surface area contributed by atoms with Gasteiger partial charge in [-0.05, 0) is 57.2 Å². The first-order chi connectivity index (χ1) is 18.5. The van der Waals surface area contributed by atoms with Crippen LogP contribution in [0.25, 0.3) is 22.4 Å². The van der Waals surface area contributed by atoms with E-state index in [2.05, 4.69) is 0 Å². The van der Waals surface area contributed by atoms with Gasteiger partial charge in [0, 0.05) is 16.7 Å². The normalized spacial score (nSPS) is 18.1. The first-order valence-electron chi connectivity index (χ1n) is 12.8. The number of hydrogen-bond acceptors (Lipinski definition) is 7. The first-order valence-corrected chi connectivity index (χ1v) is 14.4. The molecule has 1 aromatic heterocycles. The minimum absolute atomic E-state index is 0.218. The second kappa shape index (κ2) is 9.75. The van der Waals surface area contributed by atoms with E-state index < -0.39 is 27.9 Å². The van der Waals surface area contributed by atoms with Crippen LogP contribution in [0, 0.1) is 11.3 Å². The molecule has 1 aliphatic heterocycles. The number of nitriles is 1. The van der Waals surface area contributed by atoms with Crippen molar-refractivity contribution in [3.8, 4) is 34.3 Å². The summed E-state index contributed by atoms with van der Waals surface area (Å²) in [7, 11) is -3.33. The van der Waals surface area contributed by atoms with Gasteiger partial charge in [0.25, 0.3) is 0 Å². The van der Waals surface area contributed by atoms with E-state index in [4.69, 9.17) is 9.72 Å². The van der Waals surface area contributed by atoms with Crippen molar-refractivity contribution in [3.05, 3.63) is 66.2 Å². The highest BCUT2D eigenvalue weighted by molar-refractivity contribution is 8.25. The Kier molecular flexibility index (Phi) is 6.71. The molecule has 9 nitrogen and oxygen atoms in total. The van der Waals surface area contributed by atoms with Gasteiger partial charge in [0.1, 0.15) is 12.2 Å². The maximum absolute atomic E-state index is 12.3. The number of carboxylic acid groups (broad SMARTS) is 1. The number of ether oxygens (including phenoxy) is 1. The quantitative estimate of drug-likeness (QED) is 0.293. The van der Waals surface area contributed by atoms with Crippen molar-refractivity contribution >= 4 is 22.6 Å². The van der Waals surface area contributed by atoms with Gasteiger partial charge in [-0.1, -0.05) is 65.4 Å². The fourth-order valence-electron chi connectivity index (χ4n) is 5.64. The van der Waals surface area contributed by atoms with Gasteiger partial charge < -0.3 is 9.84 Å². The van der Waals surface area contributed by atoms with Crippen LogP contribution in [0.2, 0.25) is 0 Å². The molecule has 2 aliphatic rings. The van der Waals surface area contributed by atoms with Crippen LogP contribution in [0.4, 0.5) is 10.5 Å². The maximum Gasteiger partial charge on any atom is 0.408 e. The number of fused-ring (bicyclic) bond motifs is 1. The monoisotopic (exact) mass is 548 g/mol. The molecule has 2 heterocycles. The summed E-state index contributed by atoms with van der Waals surface area (Å²) in [5.74, 6) is -0.159. The molecule has 1 fully saturated rings. The van der Waals surface area contributed by atoms with Crippen LogP contribution < -0.4 is 9.04 Å². The van der Waals surface area contributed by atoms with Crippen LogP contribution in [0.5, 0.6) is 5.88 Å². The highest BCUT2D eigenvalue weighted by atomic mass is 32.3. The summed E-state index contributed by atoms with van der Waals surface area (Å²) in [4.78, 5) is 18.7. The number of anilines is 1. The number of hydrogen-bond donors (Lipinski definition) is 3. The molecule has 0 atom stereocenters. The Bertz CT molecular complexity index is 1430. The van der Waals surface area contributed by atoms with Crippen LogP contribution in [-0.2, 0) is 5.54 Å². The summed E-state index contributed by atoms with van der Waals surface area (Å²) in [6, 6.07) is 21.2. The second-order valence-corrected chi connectivity index (χ2v) is 12.9. The molecule has 0 spiro atoms. The van der Waals surface area contributed by atoms with E-state index >= 15 is 0 Å². The largest absolute Gasteiger partial charge is 0.465 e. The Balaban J connectivity index is 1.62. The lowest BCUT2D eigenvalue weighted by molar-refractivity contribution is -0.0328. The van der Waals surface area contributed by atoms with Crippen molar-refractivity contribution in [2.24, 2.45) is 0 Å². The van der Waals surface area contributed by atoms with E-state index in [1.807, 2.05) is 81.4 Å². The highest BCUT2D eigenvalue weighted by Gasteiger charge is 2.50. The Morgan fingerprint density at radius 1 is 1.13 bits per heavy atom. The fourth-order valence-corrected chi connectivity index (χ4v) is 6.75. The third-order valence-corrected chi connectivity index (χ3v) is 8.88. The molecular weight excluding hydrogens is 516 g/mol. The highest BCUT2D eigenvalue weighted by Crippen LogP contribution is 2.54. The van der Waals surface area contributed by atoms with Crippen molar-refractivity contribution in [2.75, 3.05) is 16.8 Å². The molecule has 0 unspecified atom stereocenters. The minimum Gasteiger partial charge on any atom is -0.465 e. The zero-order valence-corrected chi connectivity index (χ0v) is 23.0. The van der Waals surface area contributed by atoms with Gasteiger partial charge in [-0.15, -0.1) is 0 Å². The predicted octanol–water partition coefficient (Wildman–Crippen LogP) is 6.92. The molecule has 3 N–H and O–H groups in total. The van der Waals surface area contributed by atoms with Crippen molar-refractivity contribution < 1.29 is 23.7 Å². The van der Waals surface area contributed by atoms with E-state index in [1.54, 1.807) is 11.0 Å². The molecule has 39 heavy (non-hydrogen) atoms. The van der Waals surface area contributed by atoms with Gasteiger partial charge in [0.2, 0.25) is 5.88 Å². The molecule has 0 saturated heterocycles. The van der Waals surface area contributed by atoms with E-state index in [-0.39, 0.29) is 18.4 Å². The van der Waals surface area contributed by atoms with Gasteiger partial charge in [0.05, 0.1) is 17.3 Å². The molecule has 1 aliphatic carbocycles. The molecule has 0 radical (unpaired) electrons. The number of pyridine rings is 1. The molecule has 3 aromatic rings. The third-order valence-electron chi connectivity index (χ3n) is 7.41. The third kappa shape index (κ3) is 4.67. The molecule has 5 rings (SSSR count). The summed E-state index contributed by atoms with van der Waals surface area (Å²) < 4.78 is 28.0. The smallest absolute Gasteiger partial charge is 0.408 e. The van der Waals surface area contributed by atoms with Crippen molar-refractivity contribution in [1.29, 1.82) is 5.26 Å². The number of amides is 1. The standard InChI is InChI=1S/C29H32N4O5S/c1-28(2,3)33(27(34)35)29(14-7-15-29)22-12-10-21(11-13-22)25-23(20-8-5-4-6-9-20)18-24-26(31-25)38-19-39(36,37)32(24)17-16-30/h4-6,8-13,18,36-37H,7,14-15,17,19H2,1-3H3,(H,34,35). The number of benzene rings is 2. The Morgan fingerprint density at radius 2 is 1.79 bits per heavy atom. The predicted molar refractivity (Wildman–Crippen MR) is 152 cm³/mol. The van der Waals surface area contributed by atoms with Crippen LogP contribution in [0.3, 0.4) is 0 Å². The lowest BCUT2D eigenvalue weighted by Gasteiger charge is -2.54. The number of carbonyl (C=O) groups is 1. The zero-order chi connectivity index (χ0) is 28.0. The second-order valence-electron chi connectivity index (χ2n) is 10.9. The topological polar surface area (TPSA) is 130 Å². The number of aromatic nitrogens is 1. The van der Waals surface area contributed by atoms with Crippen molar-refractivity contribution in [3.63, 3.8) is 0 Å². The Labute approximate surface area is 229 Å². The van der Waals surface area contributed by atoms with Gasteiger partial charge in [-0.3, -0.25) is 14.0 Å². The molecule has 1 amide bonds. The summed E-state index contributed by atoms with van der Waals surface area (Å²) in [6.07, 6.45) is 1.55. The summed E-state index contributed by atoms with van der Waals surface area (Å²) in [6.45, 7) is 5.54. The summed E-state index contributed by atoms with van der Waals surface area (Å²) in [5, 5.41) is 19.5. The number of rotatable bonds is 5. The summed E-state index contributed by atoms with van der Waals surface area (Å²) in [5.41, 5.74) is 3.20. The van der Waals surface area contributed by atoms with E-state index in [9.17, 15) is 24.3 Å². The van der Waals surface area contributed by atoms with Crippen molar-refractivity contribution in [1.82, 2.24) is 9.88 Å². The SMILES string of the molecule is CC(C)(C)N(C(=O)O)C1(c2ccc(-c3nc4c(cc3-c3ccccc3)N(CC#N)S(O)(O)CO4)cc2)CCC1. The van der Waals surface area contributed by atoms with Crippen LogP contribution in [0.15, 0.2) is 60.7 Å². The van der Waals surface area contributed by atoms with Crippen LogP contribution in [-0.4, -0.2) is 48.2 Å². The Morgan fingerprint density at radius 3 is 2.33 bits per heavy atom. The van der Waals surface area contributed by atoms with Gasteiger partial charge in [0.15, 0.2) is 5.94 Å². The lowest BCUT2D eigenvalue weighted by Crippen LogP contribution is -2.60. The molecule has 2 aromatic carbocycles. The number of nitrogens with zero attached hydrogens (tertiary/aromatic N) is 4.